The van der Waals surface area contributed by atoms with E-state index in [1.807, 2.05) is 36.6 Å². The van der Waals surface area contributed by atoms with E-state index < -0.39 is 5.97 Å². The van der Waals surface area contributed by atoms with Crippen LogP contribution < -0.4 is 9.47 Å². The van der Waals surface area contributed by atoms with Gasteiger partial charge in [0.05, 0.1) is 0 Å². The molecule has 0 N–H and O–H groups in total. The first-order chi connectivity index (χ1) is 14.9. The van der Waals surface area contributed by atoms with Crippen LogP contribution in [0.1, 0.15) is 47.4 Å². The number of benzene rings is 1. The summed E-state index contributed by atoms with van der Waals surface area (Å²) in [6.45, 7) is 4.04. The number of rotatable bonds is 6. The van der Waals surface area contributed by atoms with Crippen LogP contribution in [0.5, 0.6) is 11.5 Å². The van der Waals surface area contributed by atoms with Gasteiger partial charge in [0.1, 0.15) is 6.54 Å². The van der Waals surface area contributed by atoms with Crippen LogP contribution in [0.2, 0.25) is 0 Å². The lowest BCUT2D eigenvalue weighted by molar-refractivity contribution is -0.148. The highest BCUT2D eigenvalue weighted by Crippen LogP contribution is 2.34. The van der Waals surface area contributed by atoms with E-state index in [0.717, 1.165) is 36.3 Å². The van der Waals surface area contributed by atoms with Gasteiger partial charge in [-0.25, -0.2) is 0 Å². The van der Waals surface area contributed by atoms with E-state index in [1.165, 1.54) is 4.90 Å². The molecule has 3 heterocycles. The highest BCUT2D eigenvalue weighted by atomic mass is 16.7. The Morgan fingerprint density at radius 1 is 1.06 bits per heavy atom. The quantitative estimate of drug-likeness (QED) is 0.521. The molecule has 2 aliphatic rings. The first-order valence-electron chi connectivity index (χ1n) is 10.5. The van der Waals surface area contributed by atoms with Gasteiger partial charge in [-0.1, -0.05) is 6.42 Å². The molecule has 2 aromatic rings. The van der Waals surface area contributed by atoms with E-state index in [1.54, 1.807) is 6.07 Å². The van der Waals surface area contributed by atoms with Gasteiger partial charge in [0.25, 0.3) is 0 Å². The zero-order valence-corrected chi connectivity index (χ0v) is 17.8. The monoisotopic (exact) mass is 426 g/mol. The number of ether oxygens (including phenoxy) is 3. The normalized spacial score (nSPS) is 15.7. The number of aromatic nitrogens is 1. The number of hydrogen-bond acceptors (Lipinski definition) is 6. The molecule has 2 aliphatic heterocycles. The fraction of sp³-hybridized carbons (Fsp3) is 0.435. The lowest BCUT2D eigenvalue weighted by atomic mass is 10.1. The molecule has 8 nitrogen and oxygen atoms in total. The molecule has 0 atom stereocenters. The second-order valence-electron chi connectivity index (χ2n) is 7.87. The fourth-order valence-electron chi connectivity index (χ4n) is 4.10. The minimum Gasteiger partial charge on any atom is -0.456 e. The van der Waals surface area contributed by atoms with Crippen LogP contribution in [0, 0.1) is 13.8 Å². The third-order valence-electron chi connectivity index (χ3n) is 5.70. The van der Waals surface area contributed by atoms with E-state index in [0.29, 0.717) is 30.0 Å². The topological polar surface area (TPSA) is 87.1 Å². The second kappa shape index (κ2) is 8.83. The smallest absolute Gasteiger partial charge is 0.326 e. The number of carbonyl (C=O) groups is 3. The summed E-state index contributed by atoms with van der Waals surface area (Å²) in [5.74, 6) is 0.476. The van der Waals surface area contributed by atoms with Crippen LogP contribution in [0.15, 0.2) is 24.3 Å². The Balaban J connectivity index is 1.42. The van der Waals surface area contributed by atoms with Crippen molar-refractivity contribution in [3.05, 3.63) is 41.2 Å². The predicted octanol–water partition coefficient (Wildman–Crippen LogP) is 2.95. The SMILES string of the molecule is Cc1cc(C(=O)COC(=O)CN2CCCCCC2=O)c(C)n1-c1ccc2c(c1)OCO2. The second-order valence-corrected chi connectivity index (χ2v) is 7.87. The van der Waals surface area contributed by atoms with Gasteiger partial charge in [0, 0.05) is 41.7 Å². The number of ketones is 1. The summed E-state index contributed by atoms with van der Waals surface area (Å²) in [6, 6.07) is 7.40. The van der Waals surface area contributed by atoms with Crippen molar-refractivity contribution in [2.24, 2.45) is 0 Å². The third-order valence-corrected chi connectivity index (χ3v) is 5.70. The molecular weight excluding hydrogens is 400 g/mol. The maximum atomic E-state index is 12.7. The number of hydrogen-bond donors (Lipinski definition) is 0. The van der Waals surface area contributed by atoms with Crippen LogP contribution in [0.4, 0.5) is 0 Å². The van der Waals surface area contributed by atoms with Gasteiger partial charge in [-0.2, -0.15) is 0 Å². The van der Waals surface area contributed by atoms with Crippen molar-refractivity contribution < 1.29 is 28.6 Å². The van der Waals surface area contributed by atoms with Crippen molar-refractivity contribution in [1.82, 2.24) is 9.47 Å². The Bertz CT molecular complexity index is 1030. The molecule has 0 saturated carbocycles. The standard InChI is InChI=1S/C23H26N2O6/c1-15-10-18(16(2)25(15)17-7-8-20-21(11-17)31-14-30-20)19(26)13-29-23(28)12-24-9-5-3-4-6-22(24)27/h7-8,10-11H,3-6,9,12-14H2,1-2H3. The molecule has 1 fully saturated rings. The lowest BCUT2D eigenvalue weighted by Gasteiger charge is -2.19. The van der Waals surface area contributed by atoms with Crippen molar-refractivity contribution in [3.8, 4) is 17.2 Å². The summed E-state index contributed by atoms with van der Waals surface area (Å²) in [5.41, 5.74) is 2.98. The molecule has 1 amide bonds. The third kappa shape index (κ3) is 4.42. The number of carbonyl (C=O) groups excluding carboxylic acids is 3. The molecule has 0 radical (unpaired) electrons. The van der Waals surface area contributed by atoms with Crippen LogP contribution in [0.3, 0.4) is 0 Å². The predicted molar refractivity (Wildman–Crippen MR) is 112 cm³/mol. The van der Waals surface area contributed by atoms with Gasteiger partial charge in [-0.05, 0) is 44.9 Å². The van der Waals surface area contributed by atoms with Crippen molar-refractivity contribution in [2.75, 3.05) is 26.5 Å². The summed E-state index contributed by atoms with van der Waals surface area (Å²) >= 11 is 0. The average Bonchev–Trinajstić information content (AvgIpc) is 3.27. The number of aryl methyl sites for hydroxylation is 1. The van der Waals surface area contributed by atoms with Crippen molar-refractivity contribution in [3.63, 3.8) is 0 Å². The number of esters is 1. The van der Waals surface area contributed by atoms with Gasteiger partial charge < -0.3 is 23.7 Å². The molecule has 1 aromatic heterocycles. The molecule has 31 heavy (non-hydrogen) atoms. The average molecular weight is 426 g/mol. The van der Waals surface area contributed by atoms with Crippen molar-refractivity contribution >= 4 is 17.7 Å². The first-order valence-corrected chi connectivity index (χ1v) is 10.5. The Morgan fingerprint density at radius 2 is 1.87 bits per heavy atom. The molecule has 1 saturated heterocycles. The first kappa shape index (κ1) is 21.0. The zero-order valence-electron chi connectivity index (χ0n) is 17.8. The maximum Gasteiger partial charge on any atom is 0.326 e. The van der Waals surface area contributed by atoms with Gasteiger partial charge in [-0.15, -0.1) is 0 Å². The van der Waals surface area contributed by atoms with Crippen LogP contribution in [-0.4, -0.2) is 53.6 Å². The number of likely N-dealkylation sites (tertiary alicyclic amines) is 1. The van der Waals surface area contributed by atoms with Gasteiger partial charge in [0.15, 0.2) is 18.1 Å². The minimum atomic E-state index is -0.562. The summed E-state index contributed by atoms with van der Waals surface area (Å²) in [7, 11) is 0. The van der Waals surface area contributed by atoms with Crippen LogP contribution in [-0.2, 0) is 14.3 Å². The van der Waals surface area contributed by atoms with E-state index in [-0.39, 0.29) is 31.6 Å². The summed E-state index contributed by atoms with van der Waals surface area (Å²) in [5, 5.41) is 0. The lowest BCUT2D eigenvalue weighted by Crippen LogP contribution is -2.36. The largest absolute Gasteiger partial charge is 0.456 e. The molecule has 4 rings (SSSR count). The molecular formula is C23H26N2O6. The highest BCUT2D eigenvalue weighted by Gasteiger charge is 2.23. The Kier molecular flexibility index (Phi) is 5.97. The Labute approximate surface area is 180 Å². The highest BCUT2D eigenvalue weighted by molar-refractivity contribution is 5.99. The number of fused-ring (bicyclic) bond motifs is 1. The summed E-state index contributed by atoms with van der Waals surface area (Å²) in [6.07, 6.45) is 3.17. The van der Waals surface area contributed by atoms with Gasteiger partial charge >= 0.3 is 5.97 Å². The zero-order chi connectivity index (χ0) is 22.0. The molecule has 8 heteroatoms. The van der Waals surface area contributed by atoms with E-state index >= 15 is 0 Å². The Morgan fingerprint density at radius 3 is 2.71 bits per heavy atom. The van der Waals surface area contributed by atoms with Gasteiger partial charge in [-0.3, -0.25) is 14.4 Å². The summed E-state index contributed by atoms with van der Waals surface area (Å²) in [4.78, 5) is 38.5. The fourth-order valence-corrected chi connectivity index (χ4v) is 4.10. The van der Waals surface area contributed by atoms with Gasteiger partial charge in [0.2, 0.25) is 18.5 Å². The maximum absolute atomic E-state index is 12.7. The van der Waals surface area contributed by atoms with E-state index in [4.69, 9.17) is 14.2 Å². The number of nitrogens with zero attached hydrogens (tertiary/aromatic N) is 2. The van der Waals surface area contributed by atoms with E-state index in [2.05, 4.69) is 0 Å². The van der Waals surface area contributed by atoms with Crippen molar-refractivity contribution in [2.45, 2.75) is 39.5 Å². The molecule has 164 valence electrons. The minimum absolute atomic E-state index is 0.0342. The molecule has 0 unspecified atom stereocenters. The number of Topliss-reactive ketones (excluding diaryl/α,β-unsaturated/α-hetero) is 1. The summed E-state index contributed by atoms with van der Waals surface area (Å²) < 4.78 is 17.9. The van der Waals surface area contributed by atoms with E-state index in [9.17, 15) is 14.4 Å². The Hall–Kier alpha value is -3.29. The molecule has 0 aliphatic carbocycles. The van der Waals surface area contributed by atoms with Crippen molar-refractivity contribution in [1.29, 1.82) is 0 Å². The van der Waals surface area contributed by atoms with Crippen LogP contribution >= 0.6 is 0 Å². The molecule has 1 aromatic carbocycles. The van der Waals surface area contributed by atoms with Crippen LogP contribution in [0.25, 0.3) is 5.69 Å². The molecule has 0 bridgehead atoms. The molecule has 0 spiro atoms. The number of amides is 1.